The Balaban J connectivity index is 2.11. The highest BCUT2D eigenvalue weighted by molar-refractivity contribution is 6.74. The van der Waals surface area contributed by atoms with E-state index in [0.29, 0.717) is 6.61 Å². The van der Waals surface area contributed by atoms with Crippen LogP contribution in [0.2, 0.25) is 18.1 Å². The van der Waals surface area contributed by atoms with Gasteiger partial charge in [0.15, 0.2) is 8.32 Å². The molecule has 0 amide bonds. The molecule has 6 heteroatoms. The first kappa shape index (κ1) is 32.6. The molecule has 0 bridgehead atoms. The summed E-state index contributed by atoms with van der Waals surface area (Å²) in [7, 11) is -1.99. The number of benzene rings is 1. The lowest BCUT2D eigenvalue weighted by atomic mass is 9.70. The van der Waals surface area contributed by atoms with Crippen molar-refractivity contribution >= 4 is 14.3 Å². The van der Waals surface area contributed by atoms with Crippen molar-refractivity contribution in [2.24, 2.45) is 5.41 Å². The Hall–Kier alpha value is -1.63. The van der Waals surface area contributed by atoms with Crippen molar-refractivity contribution in [3.63, 3.8) is 0 Å². The van der Waals surface area contributed by atoms with Crippen molar-refractivity contribution in [1.29, 1.82) is 0 Å². The van der Waals surface area contributed by atoms with E-state index in [1.54, 1.807) is 0 Å². The van der Waals surface area contributed by atoms with E-state index >= 15 is 0 Å². The van der Waals surface area contributed by atoms with E-state index in [1.165, 1.54) is 5.57 Å². The number of aliphatic hydroxyl groups excluding tert-OH is 1. The van der Waals surface area contributed by atoms with Crippen molar-refractivity contribution in [3.05, 3.63) is 42.0 Å². The van der Waals surface area contributed by atoms with Gasteiger partial charge in [-0.1, -0.05) is 89.6 Å². The van der Waals surface area contributed by atoms with Crippen LogP contribution in [0.25, 0.3) is 0 Å². The number of aliphatic hydroxyl groups is 1. The Bertz CT molecular complexity index is 860. The summed E-state index contributed by atoms with van der Waals surface area (Å²) in [5.41, 5.74) is 1.23. The second-order valence-electron chi connectivity index (χ2n) is 12.7. The van der Waals surface area contributed by atoms with Gasteiger partial charge in [-0.05, 0) is 68.8 Å². The van der Waals surface area contributed by atoms with E-state index in [2.05, 4.69) is 46.9 Å². The first-order chi connectivity index (χ1) is 17.9. The molecule has 0 aliphatic heterocycles. The molecule has 2 rings (SSSR count). The minimum absolute atomic E-state index is 0.00497. The number of aliphatic carboxylic acids is 1. The maximum absolute atomic E-state index is 11.2. The summed E-state index contributed by atoms with van der Waals surface area (Å²) in [6.45, 7) is 14.2. The van der Waals surface area contributed by atoms with Gasteiger partial charge < -0.3 is 19.4 Å². The number of carboxylic acid groups (broad SMARTS) is 1. The SMILES string of the molecule is CCCC[C@@]1(CCCCCCC(=O)O)C(CCC(COc2ccccc2)O[Si](C)(C)C(C)(C)C)=CC[C@@H]1O. The minimum Gasteiger partial charge on any atom is -0.491 e. The smallest absolute Gasteiger partial charge is 0.303 e. The van der Waals surface area contributed by atoms with Crippen LogP contribution < -0.4 is 4.74 Å². The lowest BCUT2D eigenvalue weighted by Gasteiger charge is -2.40. The fraction of sp³-hybridized carbons (Fsp3) is 0.719. The van der Waals surface area contributed by atoms with E-state index in [4.69, 9.17) is 14.3 Å². The number of hydrogen-bond acceptors (Lipinski definition) is 4. The largest absolute Gasteiger partial charge is 0.491 e. The van der Waals surface area contributed by atoms with E-state index in [-0.39, 0.29) is 29.1 Å². The van der Waals surface area contributed by atoms with Crippen LogP contribution in [0.15, 0.2) is 42.0 Å². The molecule has 38 heavy (non-hydrogen) atoms. The lowest BCUT2D eigenvalue weighted by molar-refractivity contribution is -0.137. The number of carbonyl (C=O) groups is 1. The number of carboxylic acids is 1. The number of ether oxygens (including phenoxy) is 1. The molecule has 5 nitrogen and oxygen atoms in total. The molecule has 1 aliphatic carbocycles. The standard InChI is InChI=1S/C32H54O5Si/c1-7-8-23-32(24-15-10-9-14-18-30(34)35)26(20-22-29(32)33)19-21-28(37-38(5,6)31(2,3)4)25-36-27-16-12-11-13-17-27/h11-13,16-17,20,28-29,33H,7-10,14-15,18-19,21-25H2,1-6H3,(H,34,35)/t28?,29-,32+/m0/s1. The van der Waals surface area contributed by atoms with Crippen molar-refractivity contribution in [3.8, 4) is 5.75 Å². The Morgan fingerprint density at radius 2 is 1.74 bits per heavy atom. The third kappa shape index (κ3) is 9.84. The summed E-state index contributed by atoms with van der Waals surface area (Å²) in [4.78, 5) is 10.8. The summed E-state index contributed by atoms with van der Waals surface area (Å²) < 4.78 is 13.1. The van der Waals surface area contributed by atoms with Crippen molar-refractivity contribution in [2.45, 2.75) is 135 Å². The molecule has 0 spiro atoms. The fourth-order valence-electron chi connectivity index (χ4n) is 5.38. The Morgan fingerprint density at radius 1 is 1.08 bits per heavy atom. The molecule has 0 radical (unpaired) electrons. The predicted octanol–water partition coefficient (Wildman–Crippen LogP) is 8.53. The van der Waals surface area contributed by atoms with Crippen LogP contribution in [-0.4, -0.2) is 43.3 Å². The zero-order chi connectivity index (χ0) is 28.2. The second-order valence-corrected chi connectivity index (χ2v) is 17.5. The van der Waals surface area contributed by atoms with Gasteiger partial charge in [-0.15, -0.1) is 0 Å². The predicted molar refractivity (Wildman–Crippen MR) is 159 cm³/mol. The highest BCUT2D eigenvalue weighted by Gasteiger charge is 2.44. The topological polar surface area (TPSA) is 76.0 Å². The molecule has 1 aliphatic rings. The van der Waals surface area contributed by atoms with Crippen LogP contribution in [0.1, 0.15) is 105 Å². The van der Waals surface area contributed by atoms with Crippen LogP contribution in [0, 0.1) is 5.41 Å². The average molecular weight is 547 g/mol. The van der Waals surface area contributed by atoms with Crippen molar-refractivity contribution < 1.29 is 24.2 Å². The molecule has 0 aromatic heterocycles. The summed E-state index contributed by atoms with van der Waals surface area (Å²) in [6, 6.07) is 9.97. The van der Waals surface area contributed by atoms with Gasteiger partial charge in [-0.25, -0.2) is 0 Å². The van der Waals surface area contributed by atoms with Gasteiger partial charge in [0.2, 0.25) is 0 Å². The second kappa shape index (κ2) is 15.2. The first-order valence-electron chi connectivity index (χ1n) is 14.9. The highest BCUT2D eigenvalue weighted by atomic mass is 28.4. The van der Waals surface area contributed by atoms with Crippen LogP contribution in [0.3, 0.4) is 0 Å². The molecular formula is C32H54O5Si. The molecule has 0 fully saturated rings. The number of unbranched alkanes of at least 4 members (excludes halogenated alkanes) is 4. The first-order valence-corrected chi connectivity index (χ1v) is 17.8. The van der Waals surface area contributed by atoms with E-state index in [9.17, 15) is 9.90 Å². The molecule has 1 aromatic rings. The van der Waals surface area contributed by atoms with E-state index < -0.39 is 14.3 Å². The van der Waals surface area contributed by atoms with Crippen molar-refractivity contribution in [2.75, 3.05) is 6.61 Å². The van der Waals surface area contributed by atoms with Gasteiger partial charge in [-0.3, -0.25) is 4.79 Å². The van der Waals surface area contributed by atoms with Gasteiger partial charge in [0, 0.05) is 11.8 Å². The normalized spacial score (nSPS) is 20.8. The molecule has 3 atom stereocenters. The zero-order valence-corrected chi connectivity index (χ0v) is 25.9. The van der Waals surface area contributed by atoms with Gasteiger partial charge in [0.05, 0.1) is 12.2 Å². The summed E-state index contributed by atoms with van der Waals surface area (Å²) in [5, 5.41) is 20.3. The van der Waals surface area contributed by atoms with Crippen LogP contribution >= 0.6 is 0 Å². The van der Waals surface area contributed by atoms with Crippen LogP contribution in [0.4, 0.5) is 0 Å². The third-order valence-corrected chi connectivity index (χ3v) is 13.3. The Labute approximate surface area is 233 Å². The van der Waals surface area contributed by atoms with Gasteiger partial charge in [0.1, 0.15) is 12.4 Å². The molecular weight excluding hydrogens is 492 g/mol. The van der Waals surface area contributed by atoms with Crippen molar-refractivity contribution in [1.82, 2.24) is 0 Å². The van der Waals surface area contributed by atoms with Gasteiger partial charge >= 0.3 is 5.97 Å². The highest BCUT2D eigenvalue weighted by Crippen LogP contribution is 2.49. The maximum atomic E-state index is 11.2. The van der Waals surface area contributed by atoms with Crippen LogP contribution in [0.5, 0.6) is 5.75 Å². The van der Waals surface area contributed by atoms with Gasteiger partial charge in [0.25, 0.3) is 0 Å². The molecule has 2 N–H and O–H groups in total. The van der Waals surface area contributed by atoms with E-state index in [1.807, 2.05) is 30.3 Å². The third-order valence-electron chi connectivity index (χ3n) is 8.79. The Morgan fingerprint density at radius 3 is 2.37 bits per heavy atom. The zero-order valence-electron chi connectivity index (χ0n) is 24.9. The monoisotopic (exact) mass is 546 g/mol. The Kier molecular flexibility index (Phi) is 13.1. The number of hydrogen-bond donors (Lipinski definition) is 2. The average Bonchev–Trinajstić information content (AvgIpc) is 3.16. The molecule has 1 aromatic carbocycles. The van der Waals surface area contributed by atoms with E-state index in [0.717, 1.165) is 76.4 Å². The van der Waals surface area contributed by atoms with Gasteiger partial charge in [-0.2, -0.15) is 0 Å². The fourth-order valence-corrected chi connectivity index (χ4v) is 6.75. The van der Waals surface area contributed by atoms with Crippen LogP contribution in [-0.2, 0) is 9.22 Å². The summed E-state index contributed by atoms with van der Waals surface area (Å²) in [6.07, 6.45) is 12.6. The molecule has 216 valence electrons. The molecule has 1 unspecified atom stereocenters. The molecule has 0 saturated heterocycles. The quantitative estimate of drug-likeness (QED) is 0.110. The lowest BCUT2D eigenvalue weighted by Crippen LogP contribution is -2.45. The molecule has 0 saturated carbocycles. The minimum atomic E-state index is -1.99. The summed E-state index contributed by atoms with van der Waals surface area (Å²) >= 11 is 0. The maximum Gasteiger partial charge on any atom is 0.303 e. The molecule has 0 heterocycles. The number of para-hydroxylation sites is 1. The number of rotatable bonds is 18. The summed E-state index contributed by atoms with van der Waals surface area (Å²) in [5.74, 6) is 0.151.